The lowest BCUT2D eigenvalue weighted by atomic mass is 10.2. The minimum absolute atomic E-state index is 0.162. The fourth-order valence-electron chi connectivity index (χ4n) is 1.66. The summed E-state index contributed by atoms with van der Waals surface area (Å²) >= 11 is 0. The van der Waals surface area contributed by atoms with Crippen LogP contribution < -0.4 is 9.47 Å². The van der Waals surface area contributed by atoms with Crippen molar-refractivity contribution >= 4 is 5.69 Å². The van der Waals surface area contributed by atoms with Gasteiger partial charge in [0, 0.05) is 0 Å². The summed E-state index contributed by atoms with van der Waals surface area (Å²) in [5.74, 6) is 0.947. The Labute approximate surface area is 114 Å². The van der Waals surface area contributed by atoms with E-state index in [0.29, 0.717) is 17.1 Å². The van der Waals surface area contributed by atoms with Crippen molar-refractivity contribution in [2.24, 2.45) is 0 Å². The van der Waals surface area contributed by atoms with Gasteiger partial charge in [0.05, 0.1) is 18.1 Å². The van der Waals surface area contributed by atoms with E-state index in [1.807, 2.05) is 0 Å². The first-order chi connectivity index (χ1) is 9.63. The molecule has 0 amide bonds. The number of methoxy groups -OCH3 is 1. The van der Waals surface area contributed by atoms with Crippen LogP contribution >= 0.6 is 0 Å². The number of halogens is 1. The highest BCUT2D eigenvalue weighted by atomic mass is 19.1. The third kappa shape index (κ3) is 3.03. The van der Waals surface area contributed by atoms with Gasteiger partial charge in [-0.1, -0.05) is 12.1 Å². The van der Waals surface area contributed by atoms with Gasteiger partial charge >= 0.3 is 5.69 Å². The lowest BCUT2D eigenvalue weighted by Crippen LogP contribution is -1.94. The lowest BCUT2D eigenvalue weighted by Gasteiger charge is -2.07. The molecule has 0 radical (unpaired) electrons. The largest absolute Gasteiger partial charge is 0.490 e. The van der Waals surface area contributed by atoms with Gasteiger partial charge < -0.3 is 9.47 Å². The summed E-state index contributed by atoms with van der Waals surface area (Å²) in [7, 11) is 1.36. The summed E-state index contributed by atoms with van der Waals surface area (Å²) in [4.78, 5) is 10.4. The van der Waals surface area contributed by atoms with Crippen molar-refractivity contribution in [3.05, 3.63) is 58.1 Å². The van der Waals surface area contributed by atoms with E-state index in [1.165, 1.54) is 19.2 Å². The summed E-state index contributed by atoms with van der Waals surface area (Å²) < 4.78 is 22.8. The average Bonchev–Trinajstić information content (AvgIpc) is 2.48. The molecule has 2 rings (SSSR count). The highest BCUT2D eigenvalue weighted by molar-refractivity contribution is 5.51. The molecule has 104 valence electrons. The van der Waals surface area contributed by atoms with E-state index in [9.17, 15) is 14.5 Å². The van der Waals surface area contributed by atoms with Gasteiger partial charge in [0.1, 0.15) is 18.2 Å². The van der Waals surface area contributed by atoms with Crippen LogP contribution in [0.25, 0.3) is 0 Å². The van der Waals surface area contributed by atoms with E-state index in [-0.39, 0.29) is 11.4 Å². The lowest BCUT2D eigenvalue weighted by molar-refractivity contribution is -0.385. The normalized spacial score (nSPS) is 10.1. The van der Waals surface area contributed by atoms with Crippen molar-refractivity contribution in [1.29, 1.82) is 0 Å². The molecule has 0 aliphatic rings. The highest BCUT2D eigenvalue weighted by Gasteiger charge is 2.16. The van der Waals surface area contributed by atoms with Crippen molar-refractivity contribution in [2.45, 2.75) is 6.67 Å². The number of nitro groups is 1. The second kappa shape index (κ2) is 6.01. The van der Waals surface area contributed by atoms with Crippen LogP contribution in [0, 0.1) is 10.1 Å². The molecule has 0 aliphatic carbocycles. The van der Waals surface area contributed by atoms with Gasteiger partial charge in [-0.25, -0.2) is 4.39 Å². The summed E-state index contributed by atoms with van der Waals surface area (Å²) in [5, 5.41) is 10.9. The van der Waals surface area contributed by atoms with Gasteiger partial charge in [-0.15, -0.1) is 0 Å². The Morgan fingerprint density at radius 3 is 2.35 bits per heavy atom. The molecule has 0 bridgehead atoms. The van der Waals surface area contributed by atoms with E-state index in [1.54, 1.807) is 30.3 Å². The summed E-state index contributed by atoms with van der Waals surface area (Å²) in [5.41, 5.74) is 0.364. The quantitative estimate of drug-likeness (QED) is 0.615. The van der Waals surface area contributed by atoms with Crippen molar-refractivity contribution < 1.29 is 18.8 Å². The SMILES string of the molecule is COc1ccc(Oc2ccc(CF)cc2)cc1[N+](=O)[O-]. The zero-order chi connectivity index (χ0) is 14.5. The van der Waals surface area contributed by atoms with Crippen LogP contribution in [0.5, 0.6) is 17.2 Å². The zero-order valence-electron chi connectivity index (χ0n) is 10.7. The van der Waals surface area contributed by atoms with Crippen LogP contribution in [0.15, 0.2) is 42.5 Å². The minimum atomic E-state index is -0.547. The van der Waals surface area contributed by atoms with Crippen molar-refractivity contribution in [2.75, 3.05) is 7.11 Å². The Kier molecular flexibility index (Phi) is 4.14. The van der Waals surface area contributed by atoms with Crippen LogP contribution in [-0.4, -0.2) is 12.0 Å². The predicted octanol–water partition coefficient (Wildman–Crippen LogP) is 3.87. The van der Waals surface area contributed by atoms with Gasteiger partial charge in [-0.2, -0.15) is 0 Å². The van der Waals surface area contributed by atoms with Crippen LogP contribution in [0.4, 0.5) is 10.1 Å². The van der Waals surface area contributed by atoms with Gasteiger partial charge in [0.2, 0.25) is 0 Å². The fraction of sp³-hybridized carbons (Fsp3) is 0.143. The third-order valence-electron chi connectivity index (χ3n) is 2.66. The molecule has 0 heterocycles. The summed E-state index contributed by atoms with van der Waals surface area (Å²) in [6.45, 7) is -0.547. The molecule has 0 aliphatic heterocycles. The Bertz CT molecular complexity index is 613. The molecule has 2 aromatic rings. The molecule has 20 heavy (non-hydrogen) atoms. The molecular weight excluding hydrogens is 265 g/mol. The molecule has 0 saturated heterocycles. The molecule has 0 saturated carbocycles. The monoisotopic (exact) mass is 277 g/mol. The van der Waals surface area contributed by atoms with Gasteiger partial charge in [-0.3, -0.25) is 10.1 Å². The Hall–Kier alpha value is -2.63. The van der Waals surface area contributed by atoms with E-state index in [4.69, 9.17) is 9.47 Å². The summed E-state index contributed by atoms with van der Waals surface area (Å²) in [6.07, 6.45) is 0. The predicted molar refractivity (Wildman–Crippen MR) is 71.0 cm³/mol. The molecular formula is C14H12FNO4. The molecule has 0 fully saturated rings. The average molecular weight is 277 g/mol. The maximum absolute atomic E-state index is 12.4. The first kappa shape index (κ1) is 13.8. The fourth-order valence-corrected chi connectivity index (χ4v) is 1.66. The van der Waals surface area contributed by atoms with Gasteiger partial charge in [0.25, 0.3) is 0 Å². The minimum Gasteiger partial charge on any atom is -0.490 e. The Morgan fingerprint density at radius 2 is 1.80 bits per heavy atom. The zero-order valence-corrected chi connectivity index (χ0v) is 10.7. The highest BCUT2D eigenvalue weighted by Crippen LogP contribution is 2.32. The molecule has 0 aromatic heterocycles. The number of benzene rings is 2. The molecule has 0 atom stereocenters. The molecule has 2 aromatic carbocycles. The van der Waals surface area contributed by atoms with E-state index in [0.717, 1.165) is 0 Å². The smallest absolute Gasteiger partial charge is 0.314 e. The second-order valence-electron chi connectivity index (χ2n) is 3.97. The Balaban J connectivity index is 2.24. The topological polar surface area (TPSA) is 61.6 Å². The van der Waals surface area contributed by atoms with Crippen LogP contribution in [0.1, 0.15) is 5.56 Å². The first-order valence-electron chi connectivity index (χ1n) is 5.79. The molecule has 6 heteroatoms. The first-order valence-corrected chi connectivity index (χ1v) is 5.79. The number of nitro benzene ring substituents is 1. The van der Waals surface area contributed by atoms with E-state index < -0.39 is 11.6 Å². The molecule has 0 spiro atoms. The number of nitrogens with zero attached hydrogens (tertiary/aromatic N) is 1. The number of alkyl halides is 1. The maximum atomic E-state index is 12.4. The van der Waals surface area contributed by atoms with E-state index in [2.05, 4.69) is 0 Å². The summed E-state index contributed by atoms with van der Waals surface area (Å²) in [6, 6.07) is 10.7. The molecule has 0 unspecified atom stereocenters. The maximum Gasteiger partial charge on any atom is 0.314 e. The van der Waals surface area contributed by atoms with Gasteiger partial charge in [-0.05, 0) is 29.8 Å². The standard InChI is InChI=1S/C14H12FNO4/c1-19-14-7-6-12(8-13(14)16(17)18)20-11-4-2-10(9-15)3-5-11/h2-8H,9H2,1H3. The second-order valence-corrected chi connectivity index (χ2v) is 3.97. The van der Waals surface area contributed by atoms with Crippen molar-refractivity contribution in [3.8, 4) is 17.2 Å². The number of hydrogen-bond acceptors (Lipinski definition) is 4. The molecule has 0 N–H and O–H groups in total. The number of ether oxygens (including phenoxy) is 2. The van der Waals surface area contributed by atoms with Crippen LogP contribution in [-0.2, 0) is 6.67 Å². The van der Waals surface area contributed by atoms with Gasteiger partial charge in [0.15, 0.2) is 5.75 Å². The van der Waals surface area contributed by atoms with E-state index >= 15 is 0 Å². The number of rotatable bonds is 5. The van der Waals surface area contributed by atoms with Crippen molar-refractivity contribution in [3.63, 3.8) is 0 Å². The van der Waals surface area contributed by atoms with Crippen LogP contribution in [0.3, 0.4) is 0 Å². The number of hydrogen-bond donors (Lipinski definition) is 0. The van der Waals surface area contributed by atoms with Crippen LogP contribution in [0.2, 0.25) is 0 Å². The molecule has 5 nitrogen and oxygen atoms in total. The van der Waals surface area contributed by atoms with Crippen molar-refractivity contribution in [1.82, 2.24) is 0 Å². The Morgan fingerprint density at radius 1 is 1.15 bits per heavy atom. The third-order valence-corrected chi connectivity index (χ3v) is 2.66.